The zero-order valence-corrected chi connectivity index (χ0v) is 10.9. The molecule has 1 aromatic carbocycles. The van der Waals surface area contributed by atoms with Crippen LogP contribution in [-0.2, 0) is 10.0 Å². The van der Waals surface area contributed by atoms with Gasteiger partial charge < -0.3 is 5.73 Å². The highest BCUT2D eigenvalue weighted by atomic mass is 32.2. The zero-order chi connectivity index (χ0) is 12.9. The lowest BCUT2D eigenvalue weighted by Crippen LogP contribution is -2.24. The minimum Gasteiger partial charge on any atom is -0.398 e. The van der Waals surface area contributed by atoms with E-state index in [1.54, 1.807) is 12.1 Å². The Hall–Kier alpha value is -1.33. The predicted molar refractivity (Wildman–Crippen MR) is 70.2 cm³/mol. The van der Waals surface area contributed by atoms with Gasteiger partial charge in [0.15, 0.2) is 0 Å². The normalized spacial score (nSPS) is 12.1. The second-order valence-electron chi connectivity index (χ2n) is 3.77. The quantitative estimate of drug-likeness (QED) is 0.478. The minimum atomic E-state index is -3.44. The summed E-state index contributed by atoms with van der Waals surface area (Å²) in [5.74, 6) is 0. The van der Waals surface area contributed by atoms with Crippen molar-refractivity contribution < 1.29 is 8.42 Å². The van der Waals surface area contributed by atoms with Gasteiger partial charge in [0.25, 0.3) is 0 Å². The highest BCUT2D eigenvalue weighted by Crippen LogP contribution is 2.16. The van der Waals surface area contributed by atoms with Gasteiger partial charge in [0.05, 0.1) is 4.90 Å². The van der Waals surface area contributed by atoms with Crippen LogP contribution in [0.25, 0.3) is 0 Å². The molecule has 0 unspecified atom stereocenters. The van der Waals surface area contributed by atoms with Crippen molar-refractivity contribution in [1.82, 2.24) is 4.72 Å². The topological polar surface area (TPSA) is 72.2 Å². The number of rotatable bonds is 5. The van der Waals surface area contributed by atoms with Crippen molar-refractivity contribution >= 4 is 15.7 Å². The second-order valence-corrected chi connectivity index (χ2v) is 5.54. The van der Waals surface area contributed by atoms with Crippen LogP contribution >= 0.6 is 0 Å². The molecule has 94 valence electrons. The Bertz CT molecular complexity index is 507. The third kappa shape index (κ3) is 3.87. The largest absolute Gasteiger partial charge is 0.398 e. The van der Waals surface area contributed by atoms with Crippen LogP contribution in [0, 0.1) is 6.92 Å². The van der Waals surface area contributed by atoms with Gasteiger partial charge >= 0.3 is 0 Å². The summed E-state index contributed by atoms with van der Waals surface area (Å²) >= 11 is 0. The van der Waals surface area contributed by atoms with Gasteiger partial charge in [-0.2, -0.15) is 0 Å². The lowest BCUT2D eigenvalue weighted by molar-refractivity contribution is 0.582. The number of nitrogens with one attached hydrogen (secondary N) is 1. The van der Waals surface area contributed by atoms with Gasteiger partial charge in [-0.3, -0.25) is 0 Å². The molecule has 0 aromatic heterocycles. The number of nitrogens with two attached hydrogens (primary N) is 1. The van der Waals surface area contributed by atoms with Crippen LogP contribution in [0.15, 0.2) is 35.2 Å². The zero-order valence-electron chi connectivity index (χ0n) is 10.1. The van der Waals surface area contributed by atoms with E-state index in [1.165, 1.54) is 6.07 Å². The first-order chi connectivity index (χ1) is 7.97. The van der Waals surface area contributed by atoms with Crippen LogP contribution in [0.4, 0.5) is 5.69 Å². The second kappa shape index (κ2) is 5.84. The molecule has 4 nitrogen and oxygen atoms in total. The average molecular weight is 254 g/mol. The van der Waals surface area contributed by atoms with Gasteiger partial charge in [-0.15, -0.1) is 0 Å². The maximum Gasteiger partial charge on any atom is 0.240 e. The molecule has 0 aliphatic heterocycles. The predicted octanol–water partition coefficient (Wildman–Crippen LogP) is 1.82. The number of benzene rings is 1. The molecule has 0 saturated carbocycles. The Balaban J connectivity index is 2.79. The first-order valence-corrected chi connectivity index (χ1v) is 6.92. The van der Waals surface area contributed by atoms with Gasteiger partial charge in [0, 0.05) is 12.2 Å². The Morgan fingerprint density at radius 3 is 2.71 bits per heavy atom. The number of allylic oxidation sites excluding steroid dienone is 1. The lowest BCUT2D eigenvalue weighted by Gasteiger charge is -2.07. The number of hydrogen-bond donors (Lipinski definition) is 2. The molecule has 0 radical (unpaired) electrons. The minimum absolute atomic E-state index is 0.209. The molecule has 0 bridgehead atoms. The fourth-order valence-corrected chi connectivity index (χ4v) is 2.39. The summed E-state index contributed by atoms with van der Waals surface area (Å²) in [6.07, 6.45) is 4.47. The van der Waals surface area contributed by atoms with Crippen LogP contribution < -0.4 is 10.5 Å². The SMILES string of the molecule is C/C=C/CCNS(=O)(=O)c1ccc(C)c(N)c1. The van der Waals surface area contributed by atoms with Crippen molar-refractivity contribution in [3.63, 3.8) is 0 Å². The summed E-state index contributed by atoms with van der Waals surface area (Å²) in [5.41, 5.74) is 7.05. The molecule has 0 spiro atoms. The molecule has 0 fully saturated rings. The number of aryl methyl sites for hydroxylation is 1. The molecular weight excluding hydrogens is 236 g/mol. The van der Waals surface area contributed by atoms with Gasteiger partial charge in [-0.1, -0.05) is 18.2 Å². The highest BCUT2D eigenvalue weighted by Gasteiger charge is 2.13. The van der Waals surface area contributed by atoms with E-state index in [9.17, 15) is 8.42 Å². The highest BCUT2D eigenvalue weighted by molar-refractivity contribution is 7.89. The monoisotopic (exact) mass is 254 g/mol. The third-order valence-corrected chi connectivity index (χ3v) is 3.86. The number of sulfonamides is 1. The molecule has 0 aliphatic carbocycles. The van der Waals surface area contributed by atoms with Crippen molar-refractivity contribution in [2.24, 2.45) is 0 Å². The first-order valence-electron chi connectivity index (χ1n) is 5.44. The van der Waals surface area contributed by atoms with E-state index in [2.05, 4.69) is 4.72 Å². The molecule has 0 heterocycles. The average Bonchev–Trinajstić information content (AvgIpc) is 2.28. The number of anilines is 1. The van der Waals surface area contributed by atoms with Crippen molar-refractivity contribution in [3.05, 3.63) is 35.9 Å². The molecule has 1 aromatic rings. The van der Waals surface area contributed by atoms with Crippen LogP contribution in [0.2, 0.25) is 0 Å². The van der Waals surface area contributed by atoms with E-state index in [-0.39, 0.29) is 4.90 Å². The van der Waals surface area contributed by atoms with Crippen LogP contribution in [0.5, 0.6) is 0 Å². The fourth-order valence-electron chi connectivity index (χ4n) is 1.31. The summed E-state index contributed by atoms with van der Waals surface area (Å²) in [6, 6.07) is 4.74. The molecule has 1 rings (SSSR count). The molecule has 0 atom stereocenters. The lowest BCUT2D eigenvalue weighted by atomic mass is 10.2. The van der Waals surface area contributed by atoms with Gasteiger partial charge in [-0.05, 0) is 38.0 Å². The van der Waals surface area contributed by atoms with Gasteiger partial charge in [0.2, 0.25) is 10.0 Å². The Kier molecular flexibility index (Phi) is 4.72. The molecule has 5 heteroatoms. The van der Waals surface area contributed by atoms with Crippen LogP contribution in [0.1, 0.15) is 18.9 Å². The molecule has 17 heavy (non-hydrogen) atoms. The first kappa shape index (κ1) is 13.7. The maximum absolute atomic E-state index is 11.9. The third-order valence-electron chi connectivity index (χ3n) is 2.40. The van der Waals surface area contributed by atoms with E-state index in [0.717, 1.165) is 5.56 Å². The smallest absolute Gasteiger partial charge is 0.240 e. The van der Waals surface area contributed by atoms with E-state index in [0.29, 0.717) is 18.7 Å². The summed E-state index contributed by atoms with van der Waals surface area (Å²) in [5, 5.41) is 0. The molecule has 0 aliphatic rings. The standard InChI is InChI=1S/C12H18N2O2S/c1-3-4-5-8-14-17(15,16)11-7-6-10(2)12(13)9-11/h3-4,6-7,9,14H,5,8,13H2,1-2H3/b4-3+. The molecule has 0 amide bonds. The summed E-state index contributed by atoms with van der Waals surface area (Å²) in [4.78, 5) is 0.209. The molecule has 3 N–H and O–H groups in total. The van der Waals surface area contributed by atoms with Gasteiger partial charge in [-0.25, -0.2) is 13.1 Å². The summed E-state index contributed by atoms with van der Waals surface area (Å²) < 4.78 is 26.3. The van der Waals surface area contributed by atoms with E-state index < -0.39 is 10.0 Å². The Morgan fingerprint density at radius 1 is 1.41 bits per heavy atom. The van der Waals surface area contributed by atoms with Crippen molar-refractivity contribution in [2.45, 2.75) is 25.2 Å². The number of hydrogen-bond acceptors (Lipinski definition) is 3. The number of nitrogen functional groups attached to an aromatic ring is 1. The Labute approximate surface area is 103 Å². The fraction of sp³-hybridized carbons (Fsp3) is 0.333. The molecular formula is C12H18N2O2S. The summed E-state index contributed by atoms with van der Waals surface area (Å²) in [6.45, 7) is 4.13. The summed E-state index contributed by atoms with van der Waals surface area (Å²) in [7, 11) is -3.44. The van der Waals surface area contributed by atoms with E-state index in [4.69, 9.17) is 5.73 Å². The van der Waals surface area contributed by atoms with E-state index in [1.807, 2.05) is 26.0 Å². The van der Waals surface area contributed by atoms with Gasteiger partial charge in [0.1, 0.15) is 0 Å². The van der Waals surface area contributed by atoms with Crippen LogP contribution in [0.3, 0.4) is 0 Å². The van der Waals surface area contributed by atoms with Crippen LogP contribution in [-0.4, -0.2) is 15.0 Å². The maximum atomic E-state index is 11.9. The van der Waals surface area contributed by atoms with Crippen molar-refractivity contribution in [3.8, 4) is 0 Å². The molecule has 0 saturated heterocycles. The van der Waals surface area contributed by atoms with Crippen molar-refractivity contribution in [2.75, 3.05) is 12.3 Å². The Morgan fingerprint density at radius 2 is 2.12 bits per heavy atom. The van der Waals surface area contributed by atoms with E-state index >= 15 is 0 Å². The van der Waals surface area contributed by atoms with Crippen molar-refractivity contribution in [1.29, 1.82) is 0 Å².